The van der Waals surface area contributed by atoms with E-state index in [9.17, 15) is 0 Å². The topological polar surface area (TPSA) is 73.9 Å². The van der Waals surface area contributed by atoms with Gasteiger partial charge in [0.2, 0.25) is 5.96 Å². The van der Waals surface area contributed by atoms with E-state index in [1.165, 1.54) is 0 Å². The molecule has 0 aliphatic heterocycles. The van der Waals surface area contributed by atoms with E-state index in [-0.39, 0.29) is 5.96 Å². The van der Waals surface area contributed by atoms with Gasteiger partial charge in [0.25, 0.3) is 0 Å². The molecule has 0 aromatic rings. The van der Waals surface area contributed by atoms with Gasteiger partial charge in [0.15, 0.2) is 0 Å². The summed E-state index contributed by atoms with van der Waals surface area (Å²) < 4.78 is 0. The Hall–Kier alpha value is -0.770. The number of hydrogen-bond acceptors (Lipinski definition) is 2. The molecule has 0 atom stereocenters. The van der Waals surface area contributed by atoms with Gasteiger partial charge in [-0.25, -0.2) is 5.84 Å². The van der Waals surface area contributed by atoms with Crippen LogP contribution in [0.25, 0.3) is 0 Å². The summed E-state index contributed by atoms with van der Waals surface area (Å²) in [5, 5.41) is 9.75. The van der Waals surface area contributed by atoms with E-state index in [0.29, 0.717) is 0 Å². The van der Waals surface area contributed by atoms with Crippen LogP contribution in [0.3, 0.4) is 0 Å². The van der Waals surface area contributed by atoms with Gasteiger partial charge in [-0.2, -0.15) is 0 Å². The molecule has 9 heavy (non-hydrogen) atoms. The summed E-state index contributed by atoms with van der Waals surface area (Å²) in [5.41, 5.74) is 2.20. The summed E-state index contributed by atoms with van der Waals surface area (Å²) in [5.74, 6) is 5.10. The molecule has 0 aromatic carbocycles. The maximum Gasteiger partial charge on any atom is 0.202 e. The van der Waals surface area contributed by atoms with Gasteiger partial charge in [-0.05, 0) is 6.42 Å². The molecule has 4 heteroatoms. The van der Waals surface area contributed by atoms with Gasteiger partial charge in [0.05, 0.1) is 0 Å². The minimum Gasteiger partial charge on any atom is -0.356 e. The third-order valence-electron chi connectivity index (χ3n) is 0.976. The Morgan fingerprint density at radius 2 is 2.33 bits per heavy atom. The third-order valence-corrected chi connectivity index (χ3v) is 0.976. The van der Waals surface area contributed by atoms with Gasteiger partial charge in [-0.1, -0.05) is 13.3 Å². The third kappa shape index (κ3) is 5.10. The molecule has 0 saturated carbocycles. The zero-order valence-electron chi connectivity index (χ0n) is 5.70. The first-order chi connectivity index (χ1) is 4.31. The second-order valence-corrected chi connectivity index (χ2v) is 1.80. The molecular formula is C5H14N4. The van der Waals surface area contributed by atoms with Crippen molar-refractivity contribution in [2.75, 3.05) is 6.54 Å². The van der Waals surface area contributed by atoms with Crippen molar-refractivity contribution in [2.45, 2.75) is 19.8 Å². The minimum absolute atomic E-state index is 0.184. The fourth-order valence-electron chi connectivity index (χ4n) is 0.441. The molecule has 0 radical (unpaired) electrons. The second-order valence-electron chi connectivity index (χ2n) is 1.80. The van der Waals surface area contributed by atoms with Crippen LogP contribution in [0.2, 0.25) is 0 Å². The molecule has 0 saturated heterocycles. The van der Waals surface area contributed by atoms with E-state index < -0.39 is 0 Å². The van der Waals surface area contributed by atoms with Crippen LogP contribution < -0.4 is 16.6 Å². The van der Waals surface area contributed by atoms with Gasteiger partial charge in [-0.3, -0.25) is 10.8 Å². The van der Waals surface area contributed by atoms with Gasteiger partial charge in [0, 0.05) is 6.54 Å². The number of unbranched alkanes of at least 4 members (excludes halogenated alkanes) is 1. The highest BCUT2D eigenvalue weighted by atomic mass is 15.3. The Morgan fingerprint density at radius 3 is 2.78 bits per heavy atom. The summed E-state index contributed by atoms with van der Waals surface area (Å²) in [6.45, 7) is 2.92. The van der Waals surface area contributed by atoms with Crippen molar-refractivity contribution >= 4 is 5.96 Å². The number of hydrogen-bond donors (Lipinski definition) is 4. The van der Waals surface area contributed by atoms with Crippen LogP contribution in [0.5, 0.6) is 0 Å². The van der Waals surface area contributed by atoms with E-state index in [0.717, 1.165) is 19.4 Å². The lowest BCUT2D eigenvalue weighted by atomic mass is 10.3. The van der Waals surface area contributed by atoms with Crippen molar-refractivity contribution in [3.63, 3.8) is 0 Å². The number of rotatable bonds is 3. The highest BCUT2D eigenvalue weighted by Gasteiger charge is 1.86. The summed E-state index contributed by atoms with van der Waals surface area (Å²) in [7, 11) is 0. The zero-order chi connectivity index (χ0) is 7.11. The first kappa shape index (κ1) is 8.23. The van der Waals surface area contributed by atoms with Crippen molar-refractivity contribution in [3.05, 3.63) is 0 Å². The van der Waals surface area contributed by atoms with Crippen molar-refractivity contribution in [2.24, 2.45) is 5.84 Å². The van der Waals surface area contributed by atoms with Crippen LogP contribution in [0, 0.1) is 5.41 Å². The fraction of sp³-hybridized carbons (Fsp3) is 0.800. The highest BCUT2D eigenvalue weighted by molar-refractivity contribution is 5.75. The predicted molar refractivity (Wildman–Crippen MR) is 38.0 cm³/mol. The number of guanidine groups is 1. The maximum absolute atomic E-state index is 6.97. The van der Waals surface area contributed by atoms with Crippen LogP contribution in [0.4, 0.5) is 0 Å². The lowest BCUT2D eigenvalue weighted by Crippen LogP contribution is -2.40. The standard InChI is InChI=1S/C5H14N4/c1-2-3-4-8-5(6)9-7/h2-4,7H2,1H3,(H3,6,8,9). The van der Waals surface area contributed by atoms with Crippen molar-refractivity contribution in [1.29, 1.82) is 5.41 Å². The summed E-state index contributed by atoms with van der Waals surface area (Å²) in [4.78, 5) is 0. The fourth-order valence-corrected chi connectivity index (χ4v) is 0.441. The largest absolute Gasteiger partial charge is 0.356 e. The quantitative estimate of drug-likeness (QED) is 0.140. The normalized spacial score (nSPS) is 8.67. The molecule has 0 aliphatic carbocycles. The lowest BCUT2D eigenvalue weighted by Gasteiger charge is -2.03. The van der Waals surface area contributed by atoms with Crippen LogP contribution in [0.15, 0.2) is 0 Å². The van der Waals surface area contributed by atoms with Crippen LogP contribution >= 0.6 is 0 Å². The number of hydrazine groups is 1. The molecule has 0 amide bonds. The zero-order valence-corrected chi connectivity index (χ0v) is 5.70. The number of nitrogens with one attached hydrogen (secondary N) is 3. The van der Waals surface area contributed by atoms with E-state index in [1.54, 1.807) is 0 Å². The van der Waals surface area contributed by atoms with E-state index >= 15 is 0 Å². The van der Waals surface area contributed by atoms with Crippen LogP contribution in [0.1, 0.15) is 19.8 Å². The summed E-state index contributed by atoms with van der Waals surface area (Å²) >= 11 is 0. The predicted octanol–water partition coefficient (Wildman–Crippen LogP) is -0.226. The van der Waals surface area contributed by atoms with Gasteiger partial charge < -0.3 is 5.32 Å². The molecular weight excluding hydrogens is 116 g/mol. The average Bonchev–Trinajstić information content (AvgIpc) is 1.89. The van der Waals surface area contributed by atoms with Gasteiger partial charge in [-0.15, -0.1) is 0 Å². The Kier molecular flexibility index (Phi) is 4.91. The van der Waals surface area contributed by atoms with Crippen LogP contribution in [-0.4, -0.2) is 12.5 Å². The second kappa shape index (κ2) is 5.37. The molecule has 0 spiro atoms. The molecule has 54 valence electrons. The molecule has 0 heterocycles. The maximum atomic E-state index is 6.97. The summed E-state index contributed by atoms with van der Waals surface area (Å²) in [6.07, 6.45) is 2.20. The van der Waals surface area contributed by atoms with Crippen molar-refractivity contribution in [1.82, 2.24) is 10.7 Å². The average molecular weight is 130 g/mol. The Balaban J connectivity index is 2.97. The molecule has 5 N–H and O–H groups in total. The minimum atomic E-state index is 0.184. The lowest BCUT2D eigenvalue weighted by molar-refractivity contribution is 0.733. The molecule has 0 fully saturated rings. The van der Waals surface area contributed by atoms with E-state index in [4.69, 9.17) is 11.3 Å². The SMILES string of the molecule is CCCCNC(=N)NN. The summed E-state index contributed by atoms with van der Waals surface area (Å²) in [6, 6.07) is 0. The molecule has 0 unspecified atom stereocenters. The molecule has 0 bridgehead atoms. The van der Waals surface area contributed by atoms with Crippen molar-refractivity contribution in [3.8, 4) is 0 Å². The van der Waals surface area contributed by atoms with E-state index in [2.05, 4.69) is 17.7 Å². The molecule has 4 nitrogen and oxygen atoms in total. The molecule has 0 aromatic heterocycles. The smallest absolute Gasteiger partial charge is 0.202 e. The van der Waals surface area contributed by atoms with Crippen molar-refractivity contribution < 1.29 is 0 Å². The number of nitrogens with two attached hydrogens (primary N) is 1. The molecule has 0 rings (SSSR count). The van der Waals surface area contributed by atoms with E-state index in [1.807, 2.05) is 0 Å². The Labute approximate surface area is 55.3 Å². The Morgan fingerprint density at radius 1 is 1.67 bits per heavy atom. The first-order valence-corrected chi connectivity index (χ1v) is 3.10. The van der Waals surface area contributed by atoms with Gasteiger partial charge >= 0.3 is 0 Å². The van der Waals surface area contributed by atoms with Crippen LogP contribution in [-0.2, 0) is 0 Å². The molecule has 0 aliphatic rings. The monoisotopic (exact) mass is 130 g/mol. The Bertz CT molecular complexity index is 81.0. The first-order valence-electron chi connectivity index (χ1n) is 3.10. The van der Waals surface area contributed by atoms with Gasteiger partial charge in [0.1, 0.15) is 0 Å². The highest BCUT2D eigenvalue weighted by Crippen LogP contribution is 1.80.